The van der Waals surface area contributed by atoms with E-state index in [0.29, 0.717) is 12.0 Å². The van der Waals surface area contributed by atoms with Crippen molar-refractivity contribution in [3.05, 3.63) is 17.7 Å². The molecule has 1 fully saturated rings. The van der Waals surface area contributed by atoms with Gasteiger partial charge in [0, 0.05) is 24.5 Å². The lowest BCUT2D eigenvalue weighted by molar-refractivity contribution is 0.184. The molecule has 0 bridgehead atoms. The van der Waals surface area contributed by atoms with Gasteiger partial charge >= 0.3 is 0 Å². The molecular formula is C10H17N3O. The summed E-state index contributed by atoms with van der Waals surface area (Å²) in [4.78, 5) is 7.35. The Morgan fingerprint density at radius 1 is 1.64 bits per heavy atom. The normalized spacial score (nSPS) is 27.0. The fourth-order valence-electron chi connectivity index (χ4n) is 1.72. The average Bonchev–Trinajstić information content (AvgIpc) is 2.72. The molecule has 2 atom stereocenters. The van der Waals surface area contributed by atoms with E-state index in [1.54, 1.807) is 0 Å². The van der Waals surface area contributed by atoms with Gasteiger partial charge in [0.05, 0.1) is 13.2 Å². The summed E-state index contributed by atoms with van der Waals surface area (Å²) in [5, 5.41) is 3.46. The molecule has 0 aliphatic carbocycles. The highest BCUT2D eigenvalue weighted by atomic mass is 16.5. The number of ether oxygens (including phenoxy) is 1. The van der Waals surface area contributed by atoms with Gasteiger partial charge in [-0.3, -0.25) is 0 Å². The molecular weight excluding hydrogens is 178 g/mol. The monoisotopic (exact) mass is 195 g/mol. The van der Waals surface area contributed by atoms with Crippen LogP contribution in [0.25, 0.3) is 0 Å². The SMILES string of the molecule is Cc1ncc(CNC2COCC2C)[nH]1. The number of hydrogen-bond donors (Lipinski definition) is 2. The summed E-state index contributed by atoms with van der Waals surface area (Å²) in [5.74, 6) is 1.58. The quantitative estimate of drug-likeness (QED) is 0.751. The molecule has 2 unspecified atom stereocenters. The van der Waals surface area contributed by atoms with Crippen LogP contribution in [0.2, 0.25) is 0 Å². The van der Waals surface area contributed by atoms with Crippen LogP contribution in [0.1, 0.15) is 18.4 Å². The summed E-state index contributed by atoms with van der Waals surface area (Å²) >= 11 is 0. The van der Waals surface area contributed by atoms with Crippen molar-refractivity contribution in [2.24, 2.45) is 5.92 Å². The van der Waals surface area contributed by atoms with Crippen molar-refractivity contribution in [3.63, 3.8) is 0 Å². The fraction of sp³-hybridized carbons (Fsp3) is 0.700. The Morgan fingerprint density at radius 3 is 3.07 bits per heavy atom. The minimum absolute atomic E-state index is 0.485. The Bertz CT molecular complexity index is 297. The molecule has 1 aromatic heterocycles. The number of nitrogens with zero attached hydrogens (tertiary/aromatic N) is 1. The van der Waals surface area contributed by atoms with Gasteiger partial charge in [-0.2, -0.15) is 0 Å². The van der Waals surface area contributed by atoms with E-state index in [-0.39, 0.29) is 0 Å². The van der Waals surface area contributed by atoms with Crippen molar-refractivity contribution < 1.29 is 4.74 Å². The van der Waals surface area contributed by atoms with Crippen LogP contribution in [0.4, 0.5) is 0 Å². The van der Waals surface area contributed by atoms with Gasteiger partial charge in [0.2, 0.25) is 0 Å². The number of imidazole rings is 1. The van der Waals surface area contributed by atoms with Crippen LogP contribution in [0.15, 0.2) is 6.20 Å². The Morgan fingerprint density at radius 2 is 2.50 bits per heavy atom. The predicted octanol–water partition coefficient (Wildman–Crippen LogP) is 0.843. The number of rotatable bonds is 3. The standard InChI is InChI=1S/C10H17N3O/c1-7-5-14-6-10(7)12-4-9-3-11-8(2)13-9/h3,7,10,12H,4-6H2,1-2H3,(H,11,13). The largest absolute Gasteiger partial charge is 0.379 e. The summed E-state index contributed by atoms with van der Waals surface area (Å²) in [6.45, 7) is 6.72. The van der Waals surface area contributed by atoms with Gasteiger partial charge in [-0.15, -0.1) is 0 Å². The lowest BCUT2D eigenvalue weighted by atomic mass is 10.1. The van der Waals surface area contributed by atoms with Gasteiger partial charge in [0.25, 0.3) is 0 Å². The third-order valence-corrected chi connectivity index (χ3v) is 2.68. The number of H-pyrrole nitrogens is 1. The molecule has 0 amide bonds. The summed E-state index contributed by atoms with van der Waals surface area (Å²) in [5.41, 5.74) is 1.14. The molecule has 0 radical (unpaired) electrons. The van der Waals surface area contributed by atoms with Crippen LogP contribution in [-0.2, 0) is 11.3 Å². The first kappa shape index (κ1) is 9.68. The van der Waals surface area contributed by atoms with E-state index < -0.39 is 0 Å². The number of hydrogen-bond acceptors (Lipinski definition) is 3. The van der Waals surface area contributed by atoms with Gasteiger partial charge in [0.15, 0.2) is 0 Å². The fourth-order valence-corrected chi connectivity index (χ4v) is 1.72. The van der Waals surface area contributed by atoms with E-state index in [4.69, 9.17) is 4.74 Å². The summed E-state index contributed by atoms with van der Waals surface area (Å²) < 4.78 is 5.37. The first-order chi connectivity index (χ1) is 6.75. The van der Waals surface area contributed by atoms with Crippen molar-refractivity contribution in [1.82, 2.24) is 15.3 Å². The number of aromatic nitrogens is 2. The highest BCUT2D eigenvalue weighted by Crippen LogP contribution is 2.12. The molecule has 0 saturated carbocycles. The third-order valence-electron chi connectivity index (χ3n) is 2.68. The second kappa shape index (κ2) is 4.11. The van der Waals surface area contributed by atoms with Gasteiger partial charge in [-0.25, -0.2) is 4.98 Å². The van der Waals surface area contributed by atoms with E-state index in [0.717, 1.165) is 31.3 Å². The molecule has 1 aliphatic heterocycles. The zero-order valence-corrected chi connectivity index (χ0v) is 8.71. The van der Waals surface area contributed by atoms with Crippen molar-refractivity contribution in [2.45, 2.75) is 26.4 Å². The second-order valence-electron chi connectivity index (χ2n) is 4.00. The zero-order chi connectivity index (χ0) is 9.97. The van der Waals surface area contributed by atoms with Crippen molar-refractivity contribution in [2.75, 3.05) is 13.2 Å². The number of nitrogens with one attached hydrogen (secondary N) is 2. The molecule has 4 heteroatoms. The lowest BCUT2D eigenvalue weighted by Crippen LogP contribution is -2.33. The van der Waals surface area contributed by atoms with E-state index in [2.05, 4.69) is 22.2 Å². The van der Waals surface area contributed by atoms with Crippen molar-refractivity contribution >= 4 is 0 Å². The van der Waals surface area contributed by atoms with E-state index >= 15 is 0 Å². The summed E-state index contributed by atoms with van der Waals surface area (Å²) in [6, 6.07) is 0.485. The second-order valence-corrected chi connectivity index (χ2v) is 4.00. The van der Waals surface area contributed by atoms with Crippen LogP contribution < -0.4 is 5.32 Å². The third kappa shape index (κ3) is 2.13. The maximum Gasteiger partial charge on any atom is 0.103 e. The predicted molar refractivity (Wildman–Crippen MR) is 53.9 cm³/mol. The Kier molecular flexibility index (Phi) is 2.84. The molecule has 1 aromatic rings. The molecule has 0 spiro atoms. The Balaban J connectivity index is 1.82. The van der Waals surface area contributed by atoms with E-state index in [1.807, 2.05) is 13.1 Å². The minimum Gasteiger partial charge on any atom is -0.379 e. The summed E-state index contributed by atoms with van der Waals surface area (Å²) in [7, 11) is 0. The van der Waals surface area contributed by atoms with Crippen LogP contribution in [0, 0.1) is 12.8 Å². The first-order valence-corrected chi connectivity index (χ1v) is 5.07. The lowest BCUT2D eigenvalue weighted by Gasteiger charge is -2.14. The molecule has 2 N–H and O–H groups in total. The van der Waals surface area contributed by atoms with Crippen LogP contribution in [-0.4, -0.2) is 29.2 Å². The Hall–Kier alpha value is -0.870. The number of aryl methyl sites for hydroxylation is 1. The minimum atomic E-state index is 0.485. The van der Waals surface area contributed by atoms with Gasteiger partial charge < -0.3 is 15.0 Å². The van der Waals surface area contributed by atoms with Crippen LogP contribution in [0.5, 0.6) is 0 Å². The maximum atomic E-state index is 5.37. The van der Waals surface area contributed by atoms with Gasteiger partial charge in [-0.1, -0.05) is 6.92 Å². The first-order valence-electron chi connectivity index (χ1n) is 5.07. The maximum absolute atomic E-state index is 5.37. The topological polar surface area (TPSA) is 49.9 Å². The highest BCUT2D eigenvalue weighted by molar-refractivity contribution is 4.99. The molecule has 4 nitrogen and oxygen atoms in total. The highest BCUT2D eigenvalue weighted by Gasteiger charge is 2.23. The molecule has 14 heavy (non-hydrogen) atoms. The van der Waals surface area contributed by atoms with Crippen molar-refractivity contribution in [3.8, 4) is 0 Å². The molecule has 1 aliphatic rings. The zero-order valence-electron chi connectivity index (χ0n) is 8.71. The van der Waals surface area contributed by atoms with Gasteiger partial charge in [-0.05, 0) is 12.8 Å². The molecule has 2 heterocycles. The average molecular weight is 195 g/mol. The van der Waals surface area contributed by atoms with E-state index in [9.17, 15) is 0 Å². The molecule has 78 valence electrons. The Labute approximate surface area is 84.1 Å². The molecule has 0 aromatic carbocycles. The van der Waals surface area contributed by atoms with Crippen molar-refractivity contribution in [1.29, 1.82) is 0 Å². The van der Waals surface area contributed by atoms with Crippen LogP contribution in [0.3, 0.4) is 0 Å². The molecule has 1 saturated heterocycles. The molecule has 2 rings (SSSR count). The van der Waals surface area contributed by atoms with Gasteiger partial charge in [0.1, 0.15) is 5.82 Å². The van der Waals surface area contributed by atoms with Crippen LogP contribution >= 0.6 is 0 Å². The smallest absolute Gasteiger partial charge is 0.103 e. The number of aromatic amines is 1. The van der Waals surface area contributed by atoms with E-state index in [1.165, 1.54) is 0 Å². The summed E-state index contributed by atoms with van der Waals surface area (Å²) in [6.07, 6.45) is 1.88.